The Labute approximate surface area is 193 Å². The summed E-state index contributed by atoms with van der Waals surface area (Å²) < 4.78 is 20.8. The van der Waals surface area contributed by atoms with E-state index in [0.29, 0.717) is 12.2 Å². The number of ether oxygens (including phenoxy) is 4. The summed E-state index contributed by atoms with van der Waals surface area (Å²) in [7, 11) is 4.11. The monoisotopic (exact) mass is 459 g/mol. The highest BCUT2D eigenvalue weighted by atomic mass is 32.2. The molecule has 0 amide bonds. The second kappa shape index (κ2) is 11.8. The number of benzene rings is 2. The number of rotatable bonds is 9. The van der Waals surface area contributed by atoms with Gasteiger partial charge in [0, 0.05) is 17.9 Å². The molecule has 1 unspecified atom stereocenters. The molecule has 0 radical (unpaired) electrons. The minimum Gasteiger partial charge on any atom is -0.489 e. The van der Waals surface area contributed by atoms with Crippen molar-refractivity contribution in [3.63, 3.8) is 0 Å². The average molecular weight is 460 g/mol. The number of hydrogen-bond donors (Lipinski definition) is 0. The third-order valence-electron chi connectivity index (χ3n) is 4.87. The first kappa shape index (κ1) is 23.9. The molecule has 0 spiro atoms. The van der Waals surface area contributed by atoms with E-state index in [0.717, 1.165) is 29.2 Å². The van der Waals surface area contributed by atoms with Crippen molar-refractivity contribution in [1.29, 1.82) is 0 Å². The van der Waals surface area contributed by atoms with Gasteiger partial charge in [0.25, 0.3) is 0 Å². The number of carbonyl (C=O) groups excluding carboxylic acids is 2. The Morgan fingerprint density at radius 3 is 2.62 bits per heavy atom. The smallest absolute Gasteiger partial charge is 0.489 e. The van der Waals surface area contributed by atoms with Gasteiger partial charge in [-0.05, 0) is 50.3 Å². The van der Waals surface area contributed by atoms with Crippen LogP contribution in [0.15, 0.2) is 42.5 Å². The third kappa shape index (κ3) is 6.40. The lowest BCUT2D eigenvalue weighted by Crippen LogP contribution is -2.16. The highest BCUT2D eigenvalue weighted by Gasteiger charge is 2.26. The maximum atomic E-state index is 12.6. The van der Waals surface area contributed by atoms with Crippen LogP contribution >= 0.6 is 11.8 Å². The van der Waals surface area contributed by atoms with Gasteiger partial charge in [0.15, 0.2) is 0 Å². The van der Waals surface area contributed by atoms with Gasteiger partial charge in [0.05, 0.1) is 17.4 Å². The van der Waals surface area contributed by atoms with Crippen LogP contribution in [0.4, 0.5) is 4.79 Å². The Morgan fingerprint density at radius 2 is 1.84 bits per heavy atom. The molecule has 7 nitrogen and oxygen atoms in total. The molecule has 0 bridgehead atoms. The summed E-state index contributed by atoms with van der Waals surface area (Å²) in [6.07, 6.45) is -0.776. The maximum absolute atomic E-state index is 12.6. The van der Waals surface area contributed by atoms with E-state index in [1.807, 2.05) is 36.0 Å². The van der Waals surface area contributed by atoms with Crippen LogP contribution in [0.1, 0.15) is 39.2 Å². The van der Waals surface area contributed by atoms with Gasteiger partial charge in [-0.1, -0.05) is 24.3 Å². The van der Waals surface area contributed by atoms with Crippen molar-refractivity contribution in [3.05, 3.63) is 64.7 Å². The molecule has 2 aromatic rings. The van der Waals surface area contributed by atoms with Gasteiger partial charge in [0.2, 0.25) is 0 Å². The van der Waals surface area contributed by atoms with Gasteiger partial charge in [-0.2, -0.15) is 0 Å². The standard InChI is InChI=1S/C24H29NO6S/c1-4-28-24(27)30-13-12-29-23(26)17-9-10-21-20(15-17)22(32-14-11-25(2)3)19-8-6-5-7-18(19)16-31-21/h5-10,15,22H,4,11-14,16H2,1-3H3. The largest absolute Gasteiger partial charge is 0.508 e. The molecule has 32 heavy (non-hydrogen) atoms. The fourth-order valence-corrected chi connectivity index (χ4v) is 4.77. The van der Waals surface area contributed by atoms with Gasteiger partial charge in [0.1, 0.15) is 25.6 Å². The average Bonchev–Trinajstić information content (AvgIpc) is 2.93. The highest BCUT2D eigenvalue weighted by molar-refractivity contribution is 7.99. The summed E-state index contributed by atoms with van der Waals surface area (Å²) in [6.45, 7) is 3.25. The zero-order valence-electron chi connectivity index (χ0n) is 18.7. The van der Waals surface area contributed by atoms with Crippen molar-refractivity contribution in [1.82, 2.24) is 4.90 Å². The van der Waals surface area contributed by atoms with Crippen LogP contribution in [0, 0.1) is 0 Å². The second-order valence-corrected chi connectivity index (χ2v) is 8.67. The summed E-state index contributed by atoms with van der Waals surface area (Å²) >= 11 is 1.83. The second-order valence-electron chi connectivity index (χ2n) is 7.46. The molecule has 0 saturated carbocycles. The molecule has 1 aliphatic rings. The first-order valence-corrected chi connectivity index (χ1v) is 11.6. The molecule has 1 heterocycles. The summed E-state index contributed by atoms with van der Waals surface area (Å²) in [5.74, 6) is 1.23. The summed E-state index contributed by atoms with van der Waals surface area (Å²) in [5, 5.41) is 0.0450. The van der Waals surface area contributed by atoms with E-state index in [2.05, 4.69) is 35.9 Å². The highest BCUT2D eigenvalue weighted by Crippen LogP contribution is 2.44. The topological polar surface area (TPSA) is 74.3 Å². The molecule has 1 aliphatic heterocycles. The van der Waals surface area contributed by atoms with Crippen LogP contribution in [-0.2, 0) is 20.8 Å². The molecule has 0 N–H and O–H groups in total. The van der Waals surface area contributed by atoms with Crippen molar-refractivity contribution in [2.24, 2.45) is 0 Å². The number of fused-ring (bicyclic) bond motifs is 2. The quantitative estimate of drug-likeness (QED) is 0.406. The van der Waals surface area contributed by atoms with Crippen molar-refractivity contribution < 1.29 is 28.5 Å². The summed E-state index contributed by atoms with van der Waals surface area (Å²) in [6, 6.07) is 13.6. The van der Waals surface area contributed by atoms with Crippen LogP contribution in [0.25, 0.3) is 0 Å². The lowest BCUT2D eigenvalue weighted by Gasteiger charge is -2.20. The minimum atomic E-state index is -0.776. The first-order valence-electron chi connectivity index (χ1n) is 10.6. The van der Waals surface area contributed by atoms with E-state index < -0.39 is 12.1 Å². The first-order chi connectivity index (χ1) is 15.5. The van der Waals surface area contributed by atoms with Gasteiger partial charge in [-0.15, -0.1) is 11.8 Å². The fraction of sp³-hybridized carbons (Fsp3) is 0.417. The zero-order valence-corrected chi connectivity index (χ0v) is 19.5. The lowest BCUT2D eigenvalue weighted by molar-refractivity contribution is 0.0243. The molecule has 2 aromatic carbocycles. The van der Waals surface area contributed by atoms with Crippen molar-refractivity contribution in [2.45, 2.75) is 18.8 Å². The van der Waals surface area contributed by atoms with Crippen LogP contribution < -0.4 is 4.74 Å². The van der Waals surface area contributed by atoms with Crippen LogP contribution in [0.3, 0.4) is 0 Å². The van der Waals surface area contributed by atoms with E-state index in [-0.39, 0.29) is 25.1 Å². The fourth-order valence-electron chi connectivity index (χ4n) is 3.29. The summed E-state index contributed by atoms with van der Waals surface area (Å²) in [4.78, 5) is 26.0. The maximum Gasteiger partial charge on any atom is 0.508 e. The number of thioether (sulfide) groups is 1. The van der Waals surface area contributed by atoms with E-state index >= 15 is 0 Å². The molecule has 3 rings (SSSR count). The van der Waals surface area contributed by atoms with Crippen molar-refractivity contribution in [2.75, 3.05) is 46.2 Å². The van der Waals surface area contributed by atoms with Gasteiger partial charge in [-0.3, -0.25) is 0 Å². The Bertz CT molecular complexity index is 932. The Morgan fingerprint density at radius 1 is 1.06 bits per heavy atom. The lowest BCUT2D eigenvalue weighted by atomic mass is 9.98. The zero-order chi connectivity index (χ0) is 22.9. The number of hydrogen-bond acceptors (Lipinski definition) is 8. The van der Waals surface area contributed by atoms with Crippen molar-refractivity contribution >= 4 is 23.9 Å². The Hall–Kier alpha value is -2.71. The van der Waals surface area contributed by atoms with E-state index in [4.69, 9.17) is 14.2 Å². The third-order valence-corrected chi connectivity index (χ3v) is 6.13. The predicted octanol–water partition coefficient (Wildman–Crippen LogP) is 4.29. The molecular weight excluding hydrogens is 430 g/mol. The van der Waals surface area contributed by atoms with Crippen LogP contribution in [0.5, 0.6) is 5.75 Å². The molecule has 0 aromatic heterocycles. The molecule has 0 aliphatic carbocycles. The SMILES string of the molecule is CCOC(=O)OCCOC(=O)c1ccc2c(c1)C(SCCN(C)C)c1ccccc1CO2. The molecule has 1 atom stereocenters. The molecular formula is C24H29NO6S. The number of carbonyl (C=O) groups is 2. The van der Waals surface area contributed by atoms with Crippen molar-refractivity contribution in [3.8, 4) is 5.75 Å². The van der Waals surface area contributed by atoms with Crippen LogP contribution in [-0.4, -0.2) is 63.2 Å². The van der Waals surface area contributed by atoms with Gasteiger partial charge >= 0.3 is 12.1 Å². The molecule has 172 valence electrons. The van der Waals surface area contributed by atoms with E-state index in [1.54, 1.807) is 13.0 Å². The molecule has 8 heteroatoms. The normalized spacial score (nSPS) is 14.6. The predicted molar refractivity (Wildman–Crippen MR) is 123 cm³/mol. The minimum absolute atomic E-state index is 0.0450. The molecule has 0 saturated heterocycles. The van der Waals surface area contributed by atoms with Gasteiger partial charge in [-0.25, -0.2) is 9.59 Å². The summed E-state index contributed by atoms with van der Waals surface area (Å²) in [5.41, 5.74) is 3.73. The number of nitrogens with zero attached hydrogens (tertiary/aromatic N) is 1. The van der Waals surface area contributed by atoms with E-state index in [9.17, 15) is 9.59 Å². The number of esters is 1. The van der Waals surface area contributed by atoms with Gasteiger partial charge < -0.3 is 23.8 Å². The van der Waals surface area contributed by atoms with Crippen LogP contribution in [0.2, 0.25) is 0 Å². The Kier molecular flexibility index (Phi) is 8.81. The van der Waals surface area contributed by atoms with E-state index in [1.165, 1.54) is 5.56 Å². The molecule has 0 fully saturated rings. The Balaban J connectivity index is 1.75.